The van der Waals surface area contributed by atoms with Gasteiger partial charge in [0.2, 0.25) is 6.17 Å². The van der Waals surface area contributed by atoms with Gasteiger partial charge in [-0.1, -0.05) is 42.5 Å². The molecule has 0 aliphatic carbocycles. The SMILES string of the molecule is CN(Oc1ccccc1C(F)C(=O)NCc1ccc(CN)cc1)PO. The summed E-state index contributed by atoms with van der Waals surface area (Å²) < 4.78 is 14.6. The number of hydroxylamine groups is 1. The maximum atomic E-state index is 14.6. The average molecular weight is 365 g/mol. The van der Waals surface area contributed by atoms with Gasteiger partial charge in [-0.3, -0.25) is 4.79 Å². The summed E-state index contributed by atoms with van der Waals surface area (Å²) in [7, 11) is 0.908. The van der Waals surface area contributed by atoms with Crippen LogP contribution in [0.5, 0.6) is 5.75 Å². The van der Waals surface area contributed by atoms with E-state index in [1.54, 1.807) is 12.1 Å². The Morgan fingerprint density at radius 3 is 2.56 bits per heavy atom. The molecule has 0 heterocycles. The molecule has 0 aromatic heterocycles. The molecule has 8 heteroatoms. The van der Waals surface area contributed by atoms with Crippen molar-refractivity contribution in [2.75, 3.05) is 7.05 Å². The zero-order chi connectivity index (χ0) is 18.2. The van der Waals surface area contributed by atoms with Crippen LogP contribution in [0.2, 0.25) is 0 Å². The number of carbonyl (C=O) groups excluding carboxylic acids is 1. The number of halogens is 1. The lowest BCUT2D eigenvalue weighted by atomic mass is 10.1. The normalized spacial score (nSPS) is 12.5. The minimum absolute atomic E-state index is 0.101. The van der Waals surface area contributed by atoms with E-state index in [1.807, 2.05) is 24.3 Å². The molecule has 0 saturated carbocycles. The molecular weight excluding hydrogens is 344 g/mol. The number of hydrogen-bond acceptors (Lipinski definition) is 5. The summed E-state index contributed by atoms with van der Waals surface area (Å²) in [4.78, 5) is 27.6. The van der Waals surface area contributed by atoms with Crippen LogP contribution in [0, 0.1) is 0 Å². The predicted octanol–water partition coefficient (Wildman–Crippen LogP) is 2.20. The number of hydrogen-bond donors (Lipinski definition) is 3. The van der Waals surface area contributed by atoms with Crippen molar-refractivity contribution in [3.05, 3.63) is 65.2 Å². The average Bonchev–Trinajstić information content (AvgIpc) is 2.66. The van der Waals surface area contributed by atoms with Crippen molar-refractivity contribution in [3.63, 3.8) is 0 Å². The Bertz CT molecular complexity index is 700. The van der Waals surface area contributed by atoms with Crippen LogP contribution in [-0.4, -0.2) is 22.7 Å². The van der Waals surface area contributed by atoms with Crippen LogP contribution in [-0.2, 0) is 17.9 Å². The molecule has 1 amide bonds. The summed E-state index contributed by atoms with van der Waals surface area (Å²) in [6, 6.07) is 13.7. The quantitative estimate of drug-likeness (QED) is 0.493. The minimum atomic E-state index is -1.88. The van der Waals surface area contributed by atoms with E-state index in [-0.39, 0.29) is 17.9 Å². The maximum Gasteiger partial charge on any atom is 0.259 e. The van der Waals surface area contributed by atoms with Crippen LogP contribution in [0.25, 0.3) is 0 Å². The summed E-state index contributed by atoms with van der Waals surface area (Å²) in [5, 5.41) is 2.57. The second kappa shape index (κ2) is 9.44. The van der Waals surface area contributed by atoms with Gasteiger partial charge in [0.1, 0.15) is 8.96 Å². The molecule has 0 aliphatic heterocycles. The van der Waals surface area contributed by atoms with E-state index < -0.39 is 21.0 Å². The number of nitrogens with two attached hydrogens (primary N) is 1. The highest BCUT2D eigenvalue weighted by molar-refractivity contribution is 7.27. The minimum Gasteiger partial charge on any atom is -0.400 e. The van der Waals surface area contributed by atoms with Crippen molar-refractivity contribution in [2.45, 2.75) is 19.3 Å². The Balaban J connectivity index is 2.01. The van der Waals surface area contributed by atoms with Crippen molar-refractivity contribution in [1.29, 1.82) is 0 Å². The Labute approximate surface area is 147 Å². The zero-order valence-electron chi connectivity index (χ0n) is 13.8. The van der Waals surface area contributed by atoms with Gasteiger partial charge >= 0.3 is 0 Å². The number of amides is 1. The summed E-state index contributed by atoms with van der Waals surface area (Å²) in [6.07, 6.45) is -1.88. The van der Waals surface area contributed by atoms with Gasteiger partial charge in [-0.15, -0.1) is 4.83 Å². The smallest absolute Gasteiger partial charge is 0.259 e. The lowest BCUT2D eigenvalue weighted by molar-refractivity contribution is -0.126. The summed E-state index contributed by atoms with van der Waals surface area (Å²) in [5.74, 6) is -0.574. The molecule has 0 saturated heterocycles. The highest BCUT2D eigenvalue weighted by atomic mass is 31.1. The van der Waals surface area contributed by atoms with Gasteiger partial charge in [0.05, 0.1) is 0 Å². The molecule has 2 aromatic rings. The van der Waals surface area contributed by atoms with E-state index in [4.69, 9.17) is 15.5 Å². The molecule has 2 aromatic carbocycles. The van der Waals surface area contributed by atoms with Gasteiger partial charge in [0.15, 0.2) is 5.75 Å². The zero-order valence-corrected chi connectivity index (χ0v) is 14.8. The van der Waals surface area contributed by atoms with E-state index in [0.717, 1.165) is 16.0 Å². The standard InChI is InChI=1S/C17H21FN3O3P/c1-21(25-23)24-15-5-3-2-4-14(15)16(18)17(22)20-11-13-8-6-12(10-19)7-9-13/h2-9,16,23,25H,10-11,19H2,1H3,(H,20,22). The fourth-order valence-electron chi connectivity index (χ4n) is 2.15. The lowest BCUT2D eigenvalue weighted by Crippen LogP contribution is -2.27. The van der Waals surface area contributed by atoms with Gasteiger partial charge in [-0.05, 0) is 17.2 Å². The Morgan fingerprint density at radius 1 is 1.28 bits per heavy atom. The molecule has 4 N–H and O–H groups in total. The van der Waals surface area contributed by atoms with Gasteiger partial charge in [-0.2, -0.15) is 0 Å². The largest absolute Gasteiger partial charge is 0.400 e. The maximum absolute atomic E-state index is 14.6. The summed E-state index contributed by atoms with van der Waals surface area (Å²) >= 11 is 0. The second-order valence-electron chi connectivity index (χ2n) is 5.33. The molecule has 6 nitrogen and oxygen atoms in total. The van der Waals surface area contributed by atoms with E-state index in [0.29, 0.717) is 6.54 Å². The predicted molar refractivity (Wildman–Crippen MR) is 95.4 cm³/mol. The molecule has 0 aliphatic rings. The first kappa shape index (κ1) is 19.3. The third-order valence-electron chi connectivity index (χ3n) is 3.52. The van der Waals surface area contributed by atoms with Gasteiger partial charge in [0, 0.05) is 25.7 Å². The van der Waals surface area contributed by atoms with Crippen molar-refractivity contribution >= 4 is 14.9 Å². The number of nitrogens with zero attached hydrogens (tertiary/aromatic N) is 1. The van der Waals surface area contributed by atoms with E-state index >= 15 is 0 Å². The highest BCUT2D eigenvalue weighted by Gasteiger charge is 2.23. The first-order valence-corrected chi connectivity index (χ1v) is 8.54. The van der Waals surface area contributed by atoms with Crippen LogP contribution in [0.4, 0.5) is 4.39 Å². The monoisotopic (exact) mass is 365 g/mol. The third kappa shape index (κ3) is 5.47. The number of nitrogens with one attached hydrogen (secondary N) is 1. The fourth-order valence-corrected chi connectivity index (χ4v) is 2.29. The molecule has 2 atom stereocenters. The number of carbonyl (C=O) groups is 1. The molecule has 0 radical (unpaired) electrons. The van der Waals surface area contributed by atoms with Crippen molar-refractivity contribution < 1.29 is 18.9 Å². The van der Waals surface area contributed by atoms with Crippen LogP contribution in [0.15, 0.2) is 48.5 Å². The highest BCUT2D eigenvalue weighted by Crippen LogP contribution is 2.29. The van der Waals surface area contributed by atoms with Gasteiger partial charge < -0.3 is 20.8 Å². The van der Waals surface area contributed by atoms with E-state index in [9.17, 15) is 9.18 Å². The van der Waals surface area contributed by atoms with Crippen LogP contribution in [0.3, 0.4) is 0 Å². The fraction of sp³-hybridized carbons (Fsp3) is 0.235. The number of benzene rings is 2. The first-order valence-electron chi connectivity index (χ1n) is 7.65. The lowest BCUT2D eigenvalue weighted by Gasteiger charge is -2.18. The molecule has 0 fully saturated rings. The molecule has 2 unspecified atom stereocenters. The first-order chi connectivity index (χ1) is 12.0. The van der Waals surface area contributed by atoms with Crippen LogP contribution < -0.4 is 15.9 Å². The Hall–Kier alpha value is -2.05. The second-order valence-corrected chi connectivity index (χ2v) is 6.16. The van der Waals surface area contributed by atoms with Gasteiger partial charge in [-0.25, -0.2) is 4.39 Å². The van der Waals surface area contributed by atoms with Crippen molar-refractivity contribution in [1.82, 2.24) is 10.2 Å². The Morgan fingerprint density at radius 2 is 1.92 bits per heavy atom. The number of alkyl halides is 1. The Kier molecular flexibility index (Phi) is 7.28. The van der Waals surface area contributed by atoms with Crippen LogP contribution >= 0.6 is 8.96 Å². The summed E-state index contributed by atoms with van der Waals surface area (Å²) in [5.41, 5.74) is 7.47. The van der Waals surface area contributed by atoms with Crippen LogP contribution in [0.1, 0.15) is 22.9 Å². The number of rotatable bonds is 8. The van der Waals surface area contributed by atoms with Gasteiger partial charge in [0.25, 0.3) is 5.91 Å². The molecule has 134 valence electrons. The molecule has 0 bridgehead atoms. The number of para-hydroxylation sites is 1. The molecular formula is C17H21FN3O3P. The van der Waals surface area contributed by atoms with Crippen molar-refractivity contribution in [2.24, 2.45) is 5.73 Å². The third-order valence-corrected chi connectivity index (χ3v) is 3.90. The molecule has 0 spiro atoms. The summed E-state index contributed by atoms with van der Waals surface area (Å²) in [6.45, 7) is 0.657. The van der Waals surface area contributed by atoms with Crippen molar-refractivity contribution in [3.8, 4) is 5.75 Å². The van der Waals surface area contributed by atoms with E-state index in [1.165, 1.54) is 19.2 Å². The topological polar surface area (TPSA) is 87.8 Å². The molecule has 25 heavy (non-hydrogen) atoms. The van der Waals surface area contributed by atoms with E-state index in [2.05, 4.69) is 5.32 Å². The molecule has 2 rings (SSSR count).